The normalized spacial score (nSPS) is 17.6. The molecule has 0 bridgehead atoms. The molecule has 3 heterocycles. The summed E-state index contributed by atoms with van der Waals surface area (Å²) in [5, 5.41) is 4.12. The lowest BCUT2D eigenvalue weighted by Gasteiger charge is -2.35. The van der Waals surface area contributed by atoms with Crippen molar-refractivity contribution in [1.82, 2.24) is 15.2 Å². The molecule has 1 N–H and O–H groups in total. The first-order chi connectivity index (χ1) is 13.8. The fraction of sp³-hybridized carbons (Fsp3) is 0.364. The summed E-state index contributed by atoms with van der Waals surface area (Å²) in [6, 6.07) is 14.1. The number of furan rings is 1. The minimum absolute atomic E-state index is 0.0571. The maximum atomic E-state index is 12.4. The number of nitrogens with one attached hydrogen (secondary N) is 1. The maximum Gasteiger partial charge on any atom is 0.221 e. The molecule has 0 saturated carbocycles. The molecule has 1 amide bonds. The molecule has 6 nitrogen and oxygen atoms in total. The number of rotatable bonds is 7. The topological polar surface area (TPSA) is 67.6 Å². The summed E-state index contributed by atoms with van der Waals surface area (Å²) in [5.41, 5.74) is 3.10. The summed E-state index contributed by atoms with van der Waals surface area (Å²) in [5.74, 6) is 0.0571. The van der Waals surface area contributed by atoms with Crippen LogP contribution in [0.5, 0.6) is 0 Å². The van der Waals surface area contributed by atoms with Crippen molar-refractivity contribution in [3.05, 3.63) is 66.2 Å². The molecule has 0 spiro atoms. The van der Waals surface area contributed by atoms with Gasteiger partial charge in [-0.15, -0.1) is 0 Å². The molecule has 146 valence electrons. The van der Waals surface area contributed by atoms with E-state index in [0.717, 1.165) is 36.2 Å². The highest BCUT2D eigenvalue weighted by Gasteiger charge is 2.25. The first-order valence-electron chi connectivity index (χ1n) is 9.72. The van der Waals surface area contributed by atoms with Gasteiger partial charge in [0.25, 0.3) is 0 Å². The standard InChI is InChI=1S/C22H25N3O3/c26-22(24-9-6-19-3-1-2-8-23-19)14-20-16-27-12-10-25(20)15-17-4-5-21-18(13-17)7-11-28-21/h1-5,7-8,11,13,20H,6,9-10,12,14-16H2,(H,24,26)/t20-/m0/s1. The van der Waals surface area contributed by atoms with E-state index in [9.17, 15) is 4.79 Å². The number of aromatic nitrogens is 1. The van der Waals surface area contributed by atoms with Gasteiger partial charge in [-0.2, -0.15) is 0 Å². The van der Waals surface area contributed by atoms with E-state index in [-0.39, 0.29) is 11.9 Å². The second-order valence-electron chi connectivity index (χ2n) is 7.12. The number of amides is 1. The van der Waals surface area contributed by atoms with Gasteiger partial charge in [0.2, 0.25) is 5.91 Å². The van der Waals surface area contributed by atoms with E-state index in [1.165, 1.54) is 5.56 Å². The van der Waals surface area contributed by atoms with Gasteiger partial charge in [-0.25, -0.2) is 0 Å². The minimum Gasteiger partial charge on any atom is -0.464 e. The molecule has 1 saturated heterocycles. The van der Waals surface area contributed by atoms with Gasteiger partial charge in [-0.3, -0.25) is 14.7 Å². The van der Waals surface area contributed by atoms with Crippen molar-refractivity contribution in [2.75, 3.05) is 26.3 Å². The van der Waals surface area contributed by atoms with Crippen LogP contribution in [0, 0.1) is 0 Å². The summed E-state index contributed by atoms with van der Waals surface area (Å²) < 4.78 is 11.1. The Morgan fingerprint density at radius 1 is 1.25 bits per heavy atom. The molecule has 2 aromatic heterocycles. The molecule has 0 radical (unpaired) electrons. The monoisotopic (exact) mass is 379 g/mol. The summed E-state index contributed by atoms with van der Waals surface area (Å²) in [6.45, 7) is 3.51. The van der Waals surface area contributed by atoms with Gasteiger partial charge in [0.1, 0.15) is 5.58 Å². The number of fused-ring (bicyclic) bond motifs is 1. The van der Waals surface area contributed by atoms with E-state index in [0.29, 0.717) is 26.2 Å². The SMILES string of the molecule is O=C(C[C@H]1COCCN1Cc1ccc2occc2c1)NCCc1ccccn1. The lowest BCUT2D eigenvalue weighted by atomic mass is 10.1. The number of pyridine rings is 1. The molecule has 1 aromatic carbocycles. The molecule has 28 heavy (non-hydrogen) atoms. The first kappa shape index (κ1) is 18.7. The summed E-state index contributed by atoms with van der Waals surface area (Å²) >= 11 is 0. The van der Waals surface area contributed by atoms with Crippen molar-refractivity contribution in [2.45, 2.75) is 25.4 Å². The van der Waals surface area contributed by atoms with Crippen LogP contribution in [0.1, 0.15) is 17.7 Å². The third-order valence-corrected chi connectivity index (χ3v) is 5.10. The summed E-state index contributed by atoms with van der Waals surface area (Å²) in [6.07, 6.45) is 4.66. The zero-order chi connectivity index (χ0) is 19.2. The van der Waals surface area contributed by atoms with Crippen molar-refractivity contribution < 1.29 is 13.9 Å². The molecular formula is C22H25N3O3. The van der Waals surface area contributed by atoms with E-state index in [4.69, 9.17) is 9.15 Å². The average Bonchev–Trinajstić information content (AvgIpc) is 3.18. The zero-order valence-electron chi connectivity index (χ0n) is 15.8. The highest BCUT2D eigenvalue weighted by atomic mass is 16.5. The fourth-order valence-electron chi connectivity index (χ4n) is 3.60. The van der Waals surface area contributed by atoms with Crippen molar-refractivity contribution in [3.63, 3.8) is 0 Å². The minimum atomic E-state index is 0.0571. The van der Waals surface area contributed by atoms with Crippen molar-refractivity contribution >= 4 is 16.9 Å². The highest BCUT2D eigenvalue weighted by Crippen LogP contribution is 2.20. The van der Waals surface area contributed by atoms with Gasteiger partial charge in [0.15, 0.2) is 0 Å². The number of hydrogen-bond acceptors (Lipinski definition) is 5. The summed E-state index contributed by atoms with van der Waals surface area (Å²) in [4.78, 5) is 19.0. The molecule has 0 aliphatic carbocycles. The van der Waals surface area contributed by atoms with Crippen LogP contribution in [-0.2, 0) is 22.5 Å². The number of ether oxygens (including phenoxy) is 1. The average molecular weight is 379 g/mol. The van der Waals surface area contributed by atoms with Gasteiger partial charge < -0.3 is 14.5 Å². The second kappa shape index (κ2) is 8.99. The van der Waals surface area contributed by atoms with Crippen molar-refractivity contribution in [1.29, 1.82) is 0 Å². The maximum absolute atomic E-state index is 12.4. The Bertz CT molecular complexity index is 910. The Balaban J connectivity index is 1.30. The van der Waals surface area contributed by atoms with Crippen LogP contribution in [0.15, 0.2) is 59.3 Å². The molecular weight excluding hydrogens is 354 g/mol. The Labute approximate surface area is 164 Å². The fourth-order valence-corrected chi connectivity index (χ4v) is 3.60. The van der Waals surface area contributed by atoms with Crippen molar-refractivity contribution in [2.24, 2.45) is 0 Å². The molecule has 6 heteroatoms. The van der Waals surface area contributed by atoms with E-state index >= 15 is 0 Å². The molecule has 3 aromatic rings. The predicted molar refractivity (Wildman–Crippen MR) is 107 cm³/mol. The number of benzene rings is 1. The largest absolute Gasteiger partial charge is 0.464 e. The smallest absolute Gasteiger partial charge is 0.221 e. The molecule has 4 rings (SSSR count). The predicted octanol–water partition coefficient (Wildman–Crippen LogP) is 2.78. The number of hydrogen-bond donors (Lipinski definition) is 1. The lowest BCUT2D eigenvalue weighted by molar-refractivity contribution is -0.124. The van der Waals surface area contributed by atoms with Gasteiger partial charge in [0.05, 0.1) is 19.5 Å². The quantitative estimate of drug-likeness (QED) is 0.684. The van der Waals surface area contributed by atoms with Gasteiger partial charge in [-0.05, 0) is 35.9 Å². The van der Waals surface area contributed by atoms with E-state index < -0.39 is 0 Å². The molecule has 1 atom stereocenters. The lowest BCUT2D eigenvalue weighted by Crippen LogP contribution is -2.47. The molecule has 0 unspecified atom stereocenters. The third-order valence-electron chi connectivity index (χ3n) is 5.10. The Morgan fingerprint density at radius 3 is 3.11 bits per heavy atom. The number of carbonyl (C=O) groups excluding carboxylic acids is 1. The van der Waals surface area contributed by atoms with Crippen LogP contribution >= 0.6 is 0 Å². The second-order valence-corrected chi connectivity index (χ2v) is 7.12. The Hall–Kier alpha value is -2.70. The van der Waals surface area contributed by atoms with E-state index in [2.05, 4.69) is 27.3 Å². The van der Waals surface area contributed by atoms with Crippen molar-refractivity contribution in [3.8, 4) is 0 Å². The number of morpholine rings is 1. The number of nitrogens with zero attached hydrogens (tertiary/aromatic N) is 2. The van der Waals surface area contributed by atoms with Gasteiger partial charge in [0, 0.05) is 55.8 Å². The van der Waals surface area contributed by atoms with E-state index in [1.807, 2.05) is 30.3 Å². The molecule has 1 aliphatic rings. The van der Waals surface area contributed by atoms with Crippen LogP contribution in [-0.4, -0.2) is 48.1 Å². The Kier molecular flexibility index (Phi) is 5.99. The Morgan fingerprint density at radius 2 is 2.21 bits per heavy atom. The molecule has 1 aliphatic heterocycles. The van der Waals surface area contributed by atoms with E-state index in [1.54, 1.807) is 12.5 Å². The van der Waals surface area contributed by atoms with Crippen LogP contribution < -0.4 is 5.32 Å². The number of carbonyl (C=O) groups is 1. The molecule has 1 fully saturated rings. The van der Waals surface area contributed by atoms with Crippen LogP contribution in [0.3, 0.4) is 0 Å². The first-order valence-corrected chi connectivity index (χ1v) is 9.72. The van der Waals surface area contributed by atoms with Crippen LogP contribution in [0.2, 0.25) is 0 Å². The third kappa shape index (κ3) is 4.77. The van der Waals surface area contributed by atoms with Crippen LogP contribution in [0.4, 0.5) is 0 Å². The zero-order valence-corrected chi connectivity index (χ0v) is 15.8. The van der Waals surface area contributed by atoms with Gasteiger partial charge in [-0.1, -0.05) is 12.1 Å². The highest BCUT2D eigenvalue weighted by molar-refractivity contribution is 5.78. The van der Waals surface area contributed by atoms with Crippen LogP contribution in [0.25, 0.3) is 11.0 Å². The van der Waals surface area contributed by atoms with Gasteiger partial charge >= 0.3 is 0 Å². The summed E-state index contributed by atoms with van der Waals surface area (Å²) in [7, 11) is 0.